The topological polar surface area (TPSA) is 39.1 Å². The van der Waals surface area contributed by atoms with E-state index in [-0.39, 0.29) is 6.04 Å². The van der Waals surface area contributed by atoms with Crippen molar-refractivity contribution in [3.8, 4) is 5.75 Å². The molecule has 19 heavy (non-hydrogen) atoms. The van der Waals surface area contributed by atoms with Crippen molar-refractivity contribution in [2.75, 3.05) is 13.7 Å². The number of nitrogens with zero attached hydrogens (tertiary/aromatic N) is 2. The highest BCUT2D eigenvalue weighted by atomic mass is 16.5. The van der Waals surface area contributed by atoms with Crippen molar-refractivity contribution in [2.45, 2.75) is 25.9 Å². The second-order valence-electron chi connectivity index (χ2n) is 4.42. The number of rotatable bonds is 7. The van der Waals surface area contributed by atoms with Crippen LogP contribution in [0.15, 0.2) is 42.7 Å². The van der Waals surface area contributed by atoms with Crippen LogP contribution < -0.4 is 10.1 Å². The summed E-state index contributed by atoms with van der Waals surface area (Å²) < 4.78 is 7.67. The fraction of sp³-hybridized carbons (Fsp3) is 0.400. The molecule has 1 aromatic heterocycles. The van der Waals surface area contributed by atoms with E-state index >= 15 is 0 Å². The Kier molecular flexibility index (Phi) is 4.98. The van der Waals surface area contributed by atoms with Gasteiger partial charge in [0.2, 0.25) is 0 Å². The zero-order valence-electron chi connectivity index (χ0n) is 11.5. The molecule has 0 aliphatic rings. The Morgan fingerprint density at radius 3 is 2.74 bits per heavy atom. The first kappa shape index (κ1) is 13.6. The van der Waals surface area contributed by atoms with Gasteiger partial charge in [0.25, 0.3) is 0 Å². The predicted molar refractivity (Wildman–Crippen MR) is 76.3 cm³/mol. The number of benzene rings is 1. The Labute approximate surface area is 114 Å². The van der Waals surface area contributed by atoms with E-state index in [4.69, 9.17) is 4.74 Å². The molecule has 0 amide bonds. The Balaban J connectivity index is 1.86. The molecule has 0 radical (unpaired) electrons. The maximum Gasteiger partial charge on any atom is 0.119 e. The number of aromatic nitrogens is 2. The Hall–Kier alpha value is -1.81. The fourth-order valence-electron chi connectivity index (χ4n) is 2.02. The lowest BCUT2D eigenvalue weighted by atomic mass is 10.1. The third-order valence-electron chi connectivity index (χ3n) is 3.15. The van der Waals surface area contributed by atoms with Gasteiger partial charge in [0.05, 0.1) is 12.8 Å². The summed E-state index contributed by atoms with van der Waals surface area (Å²) in [6, 6.07) is 10.2. The summed E-state index contributed by atoms with van der Waals surface area (Å²) >= 11 is 0. The molecule has 1 atom stereocenters. The van der Waals surface area contributed by atoms with Crippen LogP contribution in [0.3, 0.4) is 0 Å². The van der Waals surface area contributed by atoms with E-state index in [2.05, 4.69) is 23.5 Å². The largest absolute Gasteiger partial charge is 0.494 e. The zero-order valence-corrected chi connectivity index (χ0v) is 11.5. The monoisotopic (exact) mass is 259 g/mol. The molecule has 1 N–H and O–H groups in total. The minimum absolute atomic E-state index is 0.281. The summed E-state index contributed by atoms with van der Waals surface area (Å²) in [5.74, 6) is 0.918. The minimum atomic E-state index is 0.281. The summed E-state index contributed by atoms with van der Waals surface area (Å²) in [7, 11) is 1.97. The highest BCUT2D eigenvalue weighted by molar-refractivity contribution is 5.21. The molecule has 1 heterocycles. The van der Waals surface area contributed by atoms with Crippen LogP contribution in [0.25, 0.3) is 0 Å². The molecule has 4 heteroatoms. The van der Waals surface area contributed by atoms with Crippen molar-refractivity contribution >= 4 is 0 Å². The molecule has 0 aliphatic carbocycles. The van der Waals surface area contributed by atoms with Gasteiger partial charge < -0.3 is 10.1 Å². The van der Waals surface area contributed by atoms with Gasteiger partial charge in [-0.1, -0.05) is 18.2 Å². The van der Waals surface area contributed by atoms with E-state index in [9.17, 15) is 0 Å². The number of hydrogen-bond acceptors (Lipinski definition) is 3. The molecule has 1 unspecified atom stereocenters. The van der Waals surface area contributed by atoms with Crippen LogP contribution >= 0.6 is 0 Å². The Morgan fingerprint density at radius 1 is 1.32 bits per heavy atom. The van der Waals surface area contributed by atoms with Crippen molar-refractivity contribution in [3.05, 3.63) is 48.3 Å². The molecule has 0 saturated heterocycles. The van der Waals surface area contributed by atoms with Crippen molar-refractivity contribution in [3.63, 3.8) is 0 Å². The molecule has 1 aromatic carbocycles. The molecule has 102 valence electrons. The van der Waals surface area contributed by atoms with Crippen molar-refractivity contribution in [2.24, 2.45) is 0 Å². The Morgan fingerprint density at radius 2 is 2.11 bits per heavy atom. The van der Waals surface area contributed by atoms with Gasteiger partial charge in [-0.3, -0.25) is 4.68 Å². The van der Waals surface area contributed by atoms with Crippen LogP contribution in [-0.2, 0) is 6.54 Å². The van der Waals surface area contributed by atoms with Gasteiger partial charge in [0.15, 0.2) is 0 Å². The van der Waals surface area contributed by atoms with Crippen LogP contribution in [-0.4, -0.2) is 23.4 Å². The average molecular weight is 259 g/mol. The first-order chi connectivity index (χ1) is 9.33. The van der Waals surface area contributed by atoms with E-state index in [0.29, 0.717) is 6.61 Å². The molecule has 0 spiro atoms. The normalized spacial score (nSPS) is 12.3. The van der Waals surface area contributed by atoms with Gasteiger partial charge in [-0.15, -0.1) is 0 Å². The van der Waals surface area contributed by atoms with Gasteiger partial charge >= 0.3 is 0 Å². The van der Waals surface area contributed by atoms with Crippen LogP contribution in [0.1, 0.15) is 24.9 Å². The standard InChI is InChI=1S/C15H21N3O/c1-3-18-12-13(11-17-18)15(16-2)9-10-19-14-7-5-4-6-8-14/h4-8,11-12,15-16H,3,9-10H2,1-2H3. The van der Waals surface area contributed by atoms with Crippen LogP contribution in [0, 0.1) is 0 Å². The van der Waals surface area contributed by atoms with E-state index in [0.717, 1.165) is 18.7 Å². The lowest BCUT2D eigenvalue weighted by Crippen LogP contribution is -2.18. The van der Waals surface area contributed by atoms with Crippen molar-refractivity contribution < 1.29 is 4.74 Å². The zero-order chi connectivity index (χ0) is 13.5. The first-order valence-corrected chi connectivity index (χ1v) is 6.71. The summed E-state index contributed by atoms with van der Waals surface area (Å²) in [6.07, 6.45) is 4.93. The second kappa shape index (κ2) is 6.95. The lowest BCUT2D eigenvalue weighted by Gasteiger charge is -2.14. The quantitative estimate of drug-likeness (QED) is 0.831. The van der Waals surface area contributed by atoms with Gasteiger partial charge in [-0.2, -0.15) is 5.10 Å². The van der Waals surface area contributed by atoms with Crippen LogP contribution in [0.4, 0.5) is 0 Å². The van der Waals surface area contributed by atoms with Crippen LogP contribution in [0.2, 0.25) is 0 Å². The van der Waals surface area contributed by atoms with Gasteiger partial charge in [-0.05, 0) is 26.1 Å². The SMILES string of the molecule is CCn1cc(C(CCOc2ccccc2)NC)cn1. The van der Waals surface area contributed by atoms with Gasteiger partial charge in [0.1, 0.15) is 5.75 Å². The summed E-state index contributed by atoms with van der Waals surface area (Å²) in [6.45, 7) is 3.67. The summed E-state index contributed by atoms with van der Waals surface area (Å²) in [5, 5.41) is 7.61. The highest BCUT2D eigenvalue weighted by Crippen LogP contribution is 2.17. The molecule has 0 aliphatic heterocycles. The second-order valence-corrected chi connectivity index (χ2v) is 4.42. The number of ether oxygens (including phenoxy) is 1. The van der Waals surface area contributed by atoms with Gasteiger partial charge in [0, 0.05) is 30.8 Å². The maximum absolute atomic E-state index is 5.73. The molecule has 0 bridgehead atoms. The number of aryl methyl sites for hydroxylation is 1. The average Bonchev–Trinajstić information content (AvgIpc) is 2.93. The molecular weight excluding hydrogens is 238 g/mol. The third-order valence-corrected chi connectivity index (χ3v) is 3.15. The number of para-hydroxylation sites is 1. The third kappa shape index (κ3) is 3.83. The molecule has 2 aromatic rings. The van der Waals surface area contributed by atoms with Crippen LogP contribution in [0.5, 0.6) is 5.75 Å². The number of hydrogen-bond donors (Lipinski definition) is 1. The molecule has 2 rings (SSSR count). The predicted octanol–water partition coefficient (Wildman–Crippen LogP) is 2.63. The smallest absolute Gasteiger partial charge is 0.119 e. The lowest BCUT2D eigenvalue weighted by molar-refractivity contribution is 0.290. The number of nitrogens with one attached hydrogen (secondary N) is 1. The van der Waals surface area contributed by atoms with E-state index in [1.807, 2.05) is 48.3 Å². The maximum atomic E-state index is 5.73. The van der Waals surface area contributed by atoms with Crippen molar-refractivity contribution in [1.29, 1.82) is 0 Å². The molecule has 0 saturated carbocycles. The highest BCUT2D eigenvalue weighted by Gasteiger charge is 2.11. The first-order valence-electron chi connectivity index (χ1n) is 6.71. The molecule has 4 nitrogen and oxygen atoms in total. The van der Waals surface area contributed by atoms with E-state index in [1.165, 1.54) is 5.56 Å². The van der Waals surface area contributed by atoms with Crippen molar-refractivity contribution in [1.82, 2.24) is 15.1 Å². The van der Waals surface area contributed by atoms with E-state index in [1.54, 1.807) is 0 Å². The summed E-state index contributed by atoms with van der Waals surface area (Å²) in [4.78, 5) is 0. The Bertz CT molecular complexity index is 481. The molecular formula is C15H21N3O. The summed E-state index contributed by atoms with van der Waals surface area (Å²) in [5.41, 5.74) is 1.21. The van der Waals surface area contributed by atoms with Gasteiger partial charge in [-0.25, -0.2) is 0 Å². The fourth-order valence-corrected chi connectivity index (χ4v) is 2.02. The minimum Gasteiger partial charge on any atom is -0.494 e. The molecule has 0 fully saturated rings. The van der Waals surface area contributed by atoms with E-state index < -0.39 is 0 Å².